The first kappa shape index (κ1) is 11.3. The maximum absolute atomic E-state index is 8.68. The lowest BCUT2D eigenvalue weighted by molar-refractivity contribution is 0.269. The Bertz CT molecular complexity index is 355. The summed E-state index contributed by atoms with van der Waals surface area (Å²) in [5.41, 5.74) is 0.672. The summed E-state index contributed by atoms with van der Waals surface area (Å²) < 4.78 is 6.57. The summed E-state index contributed by atoms with van der Waals surface area (Å²) in [5, 5.41) is 8.68. The summed E-state index contributed by atoms with van der Waals surface area (Å²) in [6.07, 6.45) is 0. The summed E-state index contributed by atoms with van der Waals surface area (Å²) in [6, 6.07) is 7.55. The predicted octanol–water partition coefficient (Wildman–Crippen LogP) is 3.20. The number of rotatable bonds is 3. The van der Waals surface area contributed by atoms with Crippen LogP contribution in [-0.2, 0) is 0 Å². The van der Waals surface area contributed by atoms with Crippen LogP contribution in [0.5, 0.6) is 5.75 Å². The van der Waals surface area contributed by atoms with Gasteiger partial charge < -0.3 is 4.74 Å². The maximum atomic E-state index is 8.68. The standard InChI is InChI=1S/C11H12INO/c1-8(2)7-14-11-4-3-9(6-13)5-10(11)12/h3-5,8H,7H2,1-2H3. The molecule has 0 aliphatic heterocycles. The van der Waals surface area contributed by atoms with Crippen molar-refractivity contribution < 1.29 is 4.74 Å². The number of hydrogen-bond donors (Lipinski definition) is 0. The SMILES string of the molecule is CC(C)COc1ccc(C#N)cc1I. The lowest BCUT2D eigenvalue weighted by Gasteiger charge is -2.10. The van der Waals surface area contributed by atoms with Crippen LogP contribution < -0.4 is 4.74 Å². The molecule has 2 nitrogen and oxygen atoms in total. The zero-order valence-corrected chi connectivity index (χ0v) is 10.4. The van der Waals surface area contributed by atoms with Crippen LogP contribution in [0.2, 0.25) is 0 Å². The van der Waals surface area contributed by atoms with Crippen molar-refractivity contribution in [1.82, 2.24) is 0 Å². The van der Waals surface area contributed by atoms with Crippen molar-refractivity contribution in [2.45, 2.75) is 13.8 Å². The van der Waals surface area contributed by atoms with Crippen molar-refractivity contribution in [2.24, 2.45) is 5.92 Å². The quantitative estimate of drug-likeness (QED) is 0.803. The highest BCUT2D eigenvalue weighted by Gasteiger charge is 2.03. The Balaban J connectivity index is 2.75. The van der Waals surface area contributed by atoms with Gasteiger partial charge in [0, 0.05) is 0 Å². The minimum atomic E-state index is 0.515. The second-order valence-electron chi connectivity index (χ2n) is 3.46. The van der Waals surface area contributed by atoms with Gasteiger partial charge in [-0.3, -0.25) is 0 Å². The van der Waals surface area contributed by atoms with Gasteiger partial charge in [-0.05, 0) is 46.7 Å². The molecule has 3 heteroatoms. The Kier molecular flexibility index (Phi) is 4.21. The molecule has 0 amide bonds. The third-order valence-electron chi connectivity index (χ3n) is 1.63. The molecule has 0 unspecified atom stereocenters. The molecule has 0 heterocycles. The van der Waals surface area contributed by atoms with Crippen molar-refractivity contribution in [3.05, 3.63) is 27.3 Å². The van der Waals surface area contributed by atoms with Crippen molar-refractivity contribution >= 4 is 22.6 Å². The molecule has 1 rings (SSSR count). The Morgan fingerprint density at radius 2 is 2.21 bits per heavy atom. The summed E-state index contributed by atoms with van der Waals surface area (Å²) >= 11 is 2.18. The molecule has 0 saturated carbocycles. The molecule has 0 aliphatic carbocycles. The Morgan fingerprint density at radius 1 is 1.50 bits per heavy atom. The number of halogens is 1. The van der Waals surface area contributed by atoms with E-state index in [0.717, 1.165) is 9.32 Å². The zero-order chi connectivity index (χ0) is 10.6. The second-order valence-corrected chi connectivity index (χ2v) is 4.62. The van der Waals surface area contributed by atoms with Crippen molar-refractivity contribution in [3.8, 4) is 11.8 Å². The number of ether oxygens (including phenoxy) is 1. The molecule has 0 radical (unpaired) electrons. The molecule has 0 aliphatic rings. The molecule has 0 atom stereocenters. The molecule has 74 valence electrons. The molecule has 0 bridgehead atoms. The van der Waals surface area contributed by atoms with Gasteiger partial charge in [0.1, 0.15) is 5.75 Å². The average Bonchev–Trinajstić information content (AvgIpc) is 2.15. The molecule has 0 saturated heterocycles. The maximum Gasteiger partial charge on any atom is 0.132 e. The van der Waals surface area contributed by atoms with Crippen LogP contribution in [0.1, 0.15) is 19.4 Å². The smallest absolute Gasteiger partial charge is 0.132 e. The largest absolute Gasteiger partial charge is 0.492 e. The van der Waals surface area contributed by atoms with E-state index in [-0.39, 0.29) is 0 Å². The van der Waals surface area contributed by atoms with Gasteiger partial charge >= 0.3 is 0 Å². The van der Waals surface area contributed by atoms with Gasteiger partial charge in [0.05, 0.1) is 21.8 Å². The highest BCUT2D eigenvalue weighted by Crippen LogP contribution is 2.22. The first-order valence-electron chi connectivity index (χ1n) is 4.46. The number of nitriles is 1. The highest BCUT2D eigenvalue weighted by molar-refractivity contribution is 14.1. The highest BCUT2D eigenvalue weighted by atomic mass is 127. The third kappa shape index (κ3) is 3.18. The minimum Gasteiger partial charge on any atom is -0.492 e. The summed E-state index contributed by atoms with van der Waals surface area (Å²) in [4.78, 5) is 0. The molecular weight excluding hydrogens is 289 g/mol. The van der Waals surface area contributed by atoms with Crippen LogP contribution in [-0.4, -0.2) is 6.61 Å². The predicted molar refractivity (Wildman–Crippen MR) is 64.2 cm³/mol. The zero-order valence-electron chi connectivity index (χ0n) is 8.25. The van der Waals surface area contributed by atoms with Gasteiger partial charge in [-0.2, -0.15) is 5.26 Å². The van der Waals surface area contributed by atoms with Gasteiger partial charge in [-0.25, -0.2) is 0 Å². The molecule has 1 aromatic carbocycles. The first-order chi connectivity index (χ1) is 6.63. The minimum absolute atomic E-state index is 0.515. The van der Waals surface area contributed by atoms with E-state index in [1.165, 1.54) is 0 Å². The monoisotopic (exact) mass is 301 g/mol. The van der Waals surface area contributed by atoms with Crippen LogP contribution in [0.25, 0.3) is 0 Å². The van der Waals surface area contributed by atoms with Crippen LogP contribution >= 0.6 is 22.6 Å². The third-order valence-corrected chi connectivity index (χ3v) is 2.48. The molecular formula is C11H12INO. The van der Waals surface area contributed by atoms with E-state index >= 15 is 0 Å². The fraction of sp³-hybridized carbons (Fsp3) is 0.364. The molecule has 1 aromatic rings. The number of benzene rings is 1. The summed E-state index contributed by atoms with van der Waals surface area (Å²) in [7, 11) is 0. The molecule has 0 fully saturated rings. The molecule has 14 heavy (non-hydrogen) atoms. The van der Waals surface area contributed by atoms with Crippen LogP contribution in [0.3, 0.4) is 0 Å². The van der Waals surface area contributed by atoms with Crippen LogP contribution in [0.15, 0.2) is 18.2 Å². The van der Waals surface area contributed by atoms with Gasteiger partial charge in [-0.1, -0.05) is 13.8 Å². The Hall–Kier alpha value is -0.760. The van der Waals surface area contributed by atoms with Crippen molar-refractivity contribution in [2.75, 3.05) is 6.61 Å². The van der Waals surface area contributed by atoms with Crippen molar-refractivity contribution in [3.63, 3.8) is 0 Å². The van der Waals surface area contributed by atoms with Crippen LogP contribution in [0, 0.1) is 20.8 Å². The van der Waals surface area contributed by atoms with E-state index in [9.17, 15) is 0 Å². The molecule has 0 aromatic heterocycles. The van der Waals surface area contributed by atoms with E-state index in [2.05, 4.69) is 42.5 Å². The normalized spacial score (nSPS) is 9.93. The van der Waals surface area contributed by atoms with E-state index in [1.807, 2.05) is 12.1 Å². The number of hydrogen-bond acceptors (Lipinski definition) is 2. The van der Waals surface area contributed by atoms with Gasteiger partial charge in [0.2, 0.25) is 0 Å². The average molecular weight is 301 g/mol. The summed E-state index contributed by atoms with van der Waals surface area (Å²) in [5.74, 6) is 1.37. The van der Waals surface area contributed by atoms with E-state index in [0.29, 0.717) is 18.1 Å². The fourth-order valence-corrected chi connectivity index (χ4v) is 1.61. The number of nitrogens with zero attached hydrogens (tertiary/aromatic N) is 1. The van der Waals surface area contributed by atoms with E-state index in [4.69, 9.17) is 10.00 Å². The fourth-order valence-electron chi connectivity index (χ4n) is 0.944. The molecule has 0 spiro atoms. The summed E-state index contributed by atoms with van der Waals surface area (Å²) in [6.45, 7) is 4.93. The first-order valence-corrected chi connectivity index (χ1v) is 5.54. The van der Waals surface area contributed by atoms with E-state index < -0.39 is 0 Å². The van der Waals surface area contributed by atoms with Gasteiger partial charge in [0.15, 0.2) is 0 Å². The van der Waals surface area contributed by atoms with Crippen molar-refractivity contribution in [1.29, 1.82) is 5.26 Å². The van der Waals surface area contributed by atoms with Gasteiger partial charge in [0.25, 0.3) is 0 Å². The molecule has 0 N–H and O–H groups in total. The Labute approximate surface area is 98.0 Å². The Morgan fingerprint density at radius 3 is 2.71 bits per heavy atom. The lowest BCUT2D eigenvalue weighted by Crippen LogP contribution is -2.05. The topological polar surface area (TPSA) is 33.0 Å². The van der Waals surface area contributed by atoms with E-state index in [1.54, 1.807) is 6.07 Å². The second kappa shape index (κ2) is 5.20. The van der Waals surface area contributed by atoms with Crippen LogP contribution in [0.4, 0.5) is 0 Å². The lowest BCUT2D eigenvalue weighted by atomic mass is 10.2. The van der Waals surface area contributed by atoms with Gasteiger partial charge in [-0.15, -0.1) is 0 Å².